The van der Waals surface area contributed by atoms with Gasteiger partial charge in [0.2, 0.25) is 0 Å². The number of pyridine rings is 1. The Labute approximate surface area is 151 Å². The summed E-state index contributed by atoms with van der Waals surface area (Å²) in [4.78, 5) is 4.89. The van der Waals surface area contributed by atoms with Gasteiger partial charge in [0.15, 0.2) is 0 Å². The number of hydrogen-bond donors (Lipinski definition) is 1. The number of anilines is 1. The molecule has 0 aliphatic carbocycles. The van der Waals surface area contributed by atoms with E-state index in [0.29, 0.717) is 0 Å². The van der Waals surface area contributed by atoms with Crippen molar-refractivity contribution >= 4 is 11.5 Å². The van der Waals surface area contributed by atoms with Gasteiger partial charge in [-0.25, -0.2) is 4.98 Å². The SMILES string of the molecule is Cc1ccc(-c2nc3ccccn3c2NC(C)(C)CC(C)(C)C)cc1. The van der Waals surface area contributed by atoms with E-state index >= 15 is 0 Å². The van der Waals surface area contributed by atoms with Crippen LogP contribution in [0.2, 0.25) is 0 Å². The maximum absolute atomic E-state index is 4.89. The molecule has 0 atom stereocenters. The second-order valence-corrected chi connectivity index (χ2v) is 8.85. The topological polar surface area (TPSA) is 29.3 Å². The number of nitrogens with one attached hydrogen (secondary N) is 1. The molecule has 0 saturated carbocycles. The molecule has 2 heterocycles. The van der Waals surface area contributed by atoms with Crippen LogP contribution in [-0.2, 0) is 0 Å². The highest BCUT2D eigenvalue weighted by Crippen LogP contribution is 2.34. The Hall–Kier alpha value is -2.29. The highest BCUT2D eigenvalue weighted by Gasteiger charge is 2.27. The fourth-order valence-corrected chi connectivity index (χ4v) is 3.72. The first kappa shape index (κ1) is 17.5. The lowest BCUT2D eigenvalue weighted by molar-refractivity contribution is 0.302. The van der Waals surface area contributed by atoms with E-state index in [-0.39, 0.29) is 11.0 Å². The molecule has 0 aliphatic rings. The standard InChI is InChI=1S/C22H29N3/c1-16-10-12-17(13-11-16)19-20(24-22(5,6)15-21(2,3)4)25-14-8-7-9-18(25)23-19/h7-14,24H,15H2,1-6H3. The normalized spacial score (nSPS) is 12.6. The minimum Gasteiger partial charge on any atom is -0.364 e. The van der Waals surface area contributed by atoms with E-state index in [2.05, 4.69) is 93.9 Å². The van der Waals surface area contributed by atoms with Crippen molar-refractivity contribution in [2.24, 2.45) is 5.41 Å². The van der Waals surface area contributed by atoms with Crippen LogP contribution >= 0.6 is 0 Å². The Bertz CT molecular complexity index is 864. The Morgan fingerprint density at radius 3 is 2.28 bits per heavy atom. The average Bonchev–Trinajstić information content (AvgIpc) is 2.84. The van der Waals surface area contributed by atoms with E-state index < -0.39 is 0 Å². The van der Waals surface area contributed by atoms with Crippen LogP contribution < -0.4 is 5.32 Å². The minimum absolute atomic E-state index is 0.0382. The molecule has 0 unspecified atom stereocenters. The zero-order chi connectivity index (χ0) is 18.2. The molecule has 1 N–H and O–H groups in total. The lowest BCUT2D eigenvalue weighted by Gasteiger charge is -2.34. The van der Waals surface area contributed by atoms with Gasteiger partial charge in [-0.3, -0.25) is 4.40 Å². The van der Waals surface area contributed by atoms with Gasteiger partial charge in [0.25, 0.3) is 0 Å². The van der Waals surface area contributed by atoms with Crippen molar-refractivity contribution < 1.29 is 0 Å². The van der Waals surface area contributed by atoms with E-state index in [1.54, 1.807) is 0 Å². The van der Waals surface area contributed by atoms with Gasteiger partial charge in [-0.05, 0) is 44.7 Å². The molecule has 0 aliphatic heterocycles. The summed E-state index contributed by atoms with van der Waals surface area (Å²) in [5.74, 6) is 1.06. The van der Waals surface area contributed by atoms with Gasteiger partial charge < -0.3 is 5.32 Å². The summed E-state index contributed by atoms with van der Waals surface area (Å²) in [6.07, 6.45) is 3.14. The molecule has 0 bridgehead atoms. The molecule has 0 radical (unpaired) electrons. The monoisotopic (exact) mass is 335 g/mol. The van der Waals surface area contributed by atoms with E-state index in [9.17, 15) is 0 Å². The zero-order valence-electron chi connectivity index (χ0n) is 16.2. The lowest BCUT2D eigenvalue weighted by Crippen LogP contribution is -2.36. The lowest BCUT2D eigenvalue weighted by atomic mass is 9.82. The Kier molecular flexibility index (Phi) is 4.36. The number of nitrogens with zero attached hydrogens (tertiary/aromatic N) is 2. The largest absolute Gasteiger partial charge is 0.364 e. The van der Waals surface area contributed by atoms with Gasteiger partial charge in [0.1, 0.15) is 17.2 Å². The van der Waals surface area contributed by atoms with Crippen LogP contribution in [0.1, 0.15) is 46.6 Å². The van der Waals surface area contributed by atoms with Gasteiger partial charge in [0.05, 0.1) is 0 Å². The summed E-state index contributed by atoms with van der Waals surface area (Å²) in [5.41, 5.74) is 4.59. The van der Waals surface area contributed by atoms with Crippen LogP contribution in [0, 0.1) is 12.3 Å². The molecular weight excluding hydrogens is 306 g/mol. The third kappa shape index (κ3) is 4.04. The van der Waals surface area contributed by atoms with Crippen LogP contribution in [0.5, 0.6) is 0 Å². The highest BCUT2D eigenvalue weighted by atomic mass is 15.2. The third-order valence-electron chi connectivity index (χ3n) is 4.28. The first-order valence-electron chi connectivity index (χ1n) is 8.97. The van der Waals surface area contributed by atoms with E-state index in [4.69, 9.17) is 4.98 Å². The van der Waals surface area contributed by atoms with E-state index in [0.717, 1.165) is 29.1 Å². The third-order valence-corrected chi connectivity index (χ3v) is 4.28. The van der Waals surface area contributed by atoms with Gasteiger partial charge >= 0.3 is 0 Å². The first-order valence-corrected chi connectivity index (χ1v) is 8.97. The van der Waals surface area contributed by atoms with Crippen molar-refractivity contribution in [3.8, 4) is 11.3 Å². The Morgan fingerprint density at radius 2 is 1.64 bits per heavy atom. The van der Waals surface area contributed by atoms with Crippen LogP contribution in [0.4, 0.5) is 5.82 Å². The maximum Gasteiger partial charge on any atom is 0.139 e. The van der Waals surface area contributed by atoms with Gasteiger partial charge in [-0.15, -0.1) is 0 Å². The molecule has 3 nitrogen and oxygen atoms in total. The van der Waals surface area contributed by atoms with Crippen molar-refractivity contribution in [3.05, 3.63) is 54.2 Å². The van der Waals surface area contributed by atoms with Crippen molar-refractivity contribution in [1.29, 1.82) is 0 Å². The van der Waals surface area contributed by atoms with E-state index in [1.165, 1.54) is 5.56 Å². The summed E-state index contributed by atoms with van der Waals surface area (Å²) < 4.78 is 2.15. The first-order chi connectivity index (χ1) is 11.6. The van der Waals surface area contributed by atoms with Crippen molar-refractivity contribution in [3.63, 3.8) is 0 Å². The van der Waals surface area contributed by atoms with Crippen molar-refractivity contribution in [2.45, 2.75) is 53.5 Å². The number of fused-ring (bicyclic) bond motifs is 1. The second kappa shape index (κ2) is 6.21. The second-order valence-electron chi connectivity index (χ2n) is 8.85. The number of imidazole rings is 1. The van der Waals surface area contributed by atoms with Crippen LogP contribution in [0.3, 0.4) is 0 Å². The highest BCUT2D eigenvalue weighted by molar-refractivity contribution is 5.77. The van der Waals surface area contributed by atoms with Crippen LogP contribution in [-0.4, -0.2) is 14.9 Å². The Balaban J connectivity index is 2.09. The number of rotatable bonds is 4. The molecule has 3 aromatic rings. The number of aryl methyl sites for hydroxylation is 1. The molecule has 0 fully saturated rings. The number of hydrogen-bond acceptors (Lipinski definition) is 2. The van der Waals surface area contributed by atoms with E-state index in [1.807, 2.05) is 6.07 Å². The fourth-order valence-electron chi connectivity index (χ4n) is 3.72. The van der Waals surface area contributed by atoms with Gasteiger partial charge in [0, 0.05) is 17.3 Å². The van der Waals surface area contributed by atoms with Gasteiger partial charge in [-0.2, -0.15) is 0 Å². The molecule has 0 saturated heterocycles. The smallest absolute Gasteiger partial charge is 0.139 e. The van der Waals surface area contributed by atoms with Crippen LogP contribution in [0.25, 0.3) is 16.9 Å². The fraction of sp³-hybridized carbons (Fsp3) is 0.409. The predicted molar refractivity (Wildman–Crippen MR) is 107 cm³/mol. The molecule has 2 aromatic heterocycles. The predicted octanol–water partition coefficient (Wildman–Crippen LogP) is 5.94. The van der Waals surface area contributed by atoms with Crippen molar-refractivity contribution in [2.75, 3.05) is 5.32 Å². The summed E-state index contributed by atoms with van der Waals surface area (Å²) in [7, 11) is 0. The summed E-state index contributed by atoms with van der Waals surface area (Å²) >= 11 is 0. The molecule has 1 aromatic carbocycles. The maximum atomic E-state index is 4.89. The number of benzene rings is 1. The van der Waals surface area contributed by atoms with Crippen LogP contribution in [0.15, 0.2) is 48.7 Å². The molecule has 132 valence electrons. The molecule has 3 heteroatoms. The quantitative estimate of drug-likeness (QED) is 0.639. The van der Waals surface area contributed by atoms with Crippen molar-refractivity contribution in [1.82, 2.24) is 9.38 Å². The summed E-state index contributed by atoms with van der Waals surface area (Å²) in [6, 6.07) is 14.7. The average molecular weight is 335 g/mol. The minimum atomic E-state index is -0.0382. The molecule has 25 heavy (non-hydrogen) atoms. The van der Waals surface area contributed by atoms with Gasteiger partial charge in [-0.1, -0.05) is 56.7 Å². The number of aromatic nitrogens is 2. The molecule has 0 amide bonds. The summed E-state index contributed by atoms with van der Waals surface area (Å²) in [6.45, 7) is 13.5. The summed E-state index contributed by atoms with van der Waals surface area (Å²) in [5, 5.41) is 3.78. The molecule has 0 spiro atoms. The Morgan fingerprint density at radius 1 is 0.960 bits per heavy atom. The molecule has 3 rings (SSSR count). The zero-order valence-corrected chi connectivity index (χ0v) is 16.2. The molecular formula is C22H29N3.